The predicted octanol–water partition coefficient (Wildman–Crippen LogP) is 20.9. The number of carbonyl (C=O) groups excluding carboxylic acids is 3. The fourth-order valence-electron chi connectivity index (χ4n) is 8.82. The van der Waals surface area contributed by atoms with Crippen molar-refractivity contribution in [2.75, 3.05) is 13.2 Å². The smallest absolute Gasteiger partial charge is 0.306 e. The van der Waals surface area contributed by atoms with Gasteiger partial charge in [0.1, 0.15) is 13.2 Å². The van der Waals surface area contributed by atoms with Gasteiger partial charge in [0.15, 0.2) is 6.10 Å². The maximum Gasteiger partial charge on any atom is 0.306 e. The molecular weight excluding hydrogens is 889 g/mol. The molecule has 0 saturated carbocycles. The molecule has 6 nitrogen and oxygen atoms in total. The van der Waals surface area contributed by atoms with Gasteiger partial charge >= 0.3 is 17.9 Å². The lowest BCUT2D eigenvalue weighted by Crippen LogP contribution is -2.30. The Morgan fingerprint density at radius 2 is 0.542 bits per heavy atom. The summed E-state index contributed by atoms with van der Waals surface area (Å²) >= 11 is 0. The zero-order valence-electron chi connectivity index (χ0n) is 47.7. The monoisotopic (exact) mass is 1000 g/mol. The van der Waals surface area contributed by atoms with Gasteiger partial charge < -0.3 is 14.2 Å². The van der Waals surface area contributed by atoms with Crippen molar-refractivity contribution < 1.29 is 28.6 Å². The van der Waals surface area contributed by atoms with Crippen LogP contribution in [0.5, 0.6) is 0 Å². The maximum atomic E-state index is 12.8. The van der Waals surface area contributed by atoms with E-state index in [2.05, 4.69) is 93.7 Å². The highest BCUT2D eigenvalue weighted by atomic mass is 16.6. The van der Waals surface area contributed by atoms with E-state index in [1.54, 1.807) is 0 Å². The van der Waals surface area contributed by atoms with E-state index < -0.39 is 6.10 Å². The van der Waals surface area contributed by atoms with Crippen LogP contribution in [-0.2, 0) is 28.6 Å². The van der Waals surface area contributed by atoms with Crippen LogP contribution in [-0.4, -0.2) is 37.2 Å². The molecule has 0 bridgehead atoms. The molecule has 72 heavy (non-hydrogen) atoms. The van der Waals surface area contributed by atoms with Crippen molar-refractivity contribution >= 4 is 17.9 Å². The summed E-state index contributed by atoms with van der Waals surface area (Å²) in [6.07, 6.45) is 77.9. The average molecular weight is 1010 g/mol. The number of unbranched alkanes of at least 4 members (excludes halogenated alkanes) is 33. The summed E-state index contributed by atoms with van der Waals surface area (Å²) in [7, 11) is 0. The van der Waals surface area contributed by atoms with E-state index in [4.69, 9.17) is 14.2 Å². The summed E-state index contributed by atoms with van der Waals surface area (Å²) in [4.78, 5) is 38.1. The highest BCUT2D eigenvalue weighted by Crippen LogP contribution is 2.16. The van der Waals surface area contributed by atoms with Crippen LogP contribution >= 0.6 is 0 Å². The summed E-state index contributed by atoms with van der Waals surface area (Å²) < 4.78 is 16.8. The van der Waals surface area contributed by atoms with Gasteiger partial charge in [0, 0.05) is 19.3 Å². The first-order valence-corrected chi connectivity index (χ1v) is 30.9. The summed E-state index contributed by atoms with van der Waals surface area (Å²) in [5, 5.41) is 0. The molecule has 0 aliphatic carbocycles. The van der Waals surface area contributed by atoms with Gasteiger partial charge in [-0.25, -0.2) is 0 Å². The first-order chi connectivity index (χ1) is 35.5. The molecule has 416 valence electrons. The Morgan fingerprint density at radius 3 is 0.861 bits per heavy atom. The van der Waals surface area contributed by atoms with E-state index in [9.17, 15) is 14.4 Å². The second kappa shape index (κ2) is 60.4. The molecule has 1 unspecified atom stereocenters. The standard InChI is InChI=1S/C66H116O6/c1-4-7-10-13-16-19-22-24-25-26-27-28-29-30-31-32-33-34-35-36-37-38-39-40-41-43-44-47-50-53-56-59-65(68)71-62-63(61-70-64(67)58-55-52-49-46-21-18-15-12-9-6-3)72-66(69)60-57-54-51-48-45-42-23-20-17-14-11-8-5-2/h8,11,17,20,22,24,26-27,29-30,42,45,63H,4-7,9-10,12-16,18-19,21,23,25,28,31-41,43-44,46-62H2,1-3H3/b11-8-,20-17-,24-22-,27-26-,30-29-,45-42-. The molecule has 0 saturated heterocycles. The molecule has 0 spiro atoms. The normalized spacial score (nSPS) is 12.5. The third-order valence-electron chi connectivity index (χ3n) is 13.4. The van der Waals surface area contributed by atoms with Gasteiger partial charge in [-0.3, -0.25) is 14.4 Å². The van der Waals surface area contributed by atoms with Crippen molar-refractivity contribution in [2.45, 2.75) is 316 Å². The van der Waals surface area contributed by atoms with Crippen LogP contribution < -0.4 is 0 Å². The first kappa shape index (κ1) is 68.8. The Bertz CT molecular complexity index is 1340. The van der Waals surface area contributed by atoms with Gasteiger partial charge in [-0.2, -0.15) is 0 Å². The quantitative estimate of drug-likeness (QED) is 0.0261. The minimum Gasteiger partial charge on any atom is -0.462 e. The third kappa shape index (κ3) is 57.7. The number of rotatable bonds is 56. The highest BCUT2D eigenvalue weighted by Gasteiger charge is 2.19. The van der Waals surface area contributed by atoms with E-state index in [-0.39, 0.29) is 31.1 Å². The molecule has 0 radical (unpaired) electrons. The number of allylic oxidation sites excluding steroid dienone is 12. The lowest BCUT2D eigenvalue weighted by Gasteiger charge is -2.18. The predicted molar refractivity (Wildman–Crippen MR) is 311 cm³/mol. The number of esters is 3. The van der Waals surface area contributed by atoms with Crippen molar-refractivity contribution in [2.24, 2.45) is 0 Å². The molecular formula is C66H116O6. The molecule has 1 atom stereocenters. The topological polar surface area (TPSA) is 78.9 Å². The maximum absolute atomic E-state index is 12.8. The van der Waals surface area contributed by atoms with Gasteiger partial charge in [0.2, 0.25) is 0 Å². The molecule has 0 rings (SSSR count). The lowest BCUT2D eigenvalue weighted by atomic mass is 10.0. The van der Waals surface area contributed by atoms with Gasteiger partial charge in [0.25, 0.3) is 0 Å². The van der Waals surface area contributed by atoms with Crippen LogP contribution in [0.1, 0.15) is 310 Å². The number of hydrogen-bond donors (Lipinski definition) is 0. The van der Waals surface area contributed by atoms with Crippen LogP contribution in [0.25, 0.3) is 0 Å². The molecule has 0 fully saturated rings. The summed E-state index contributed by atoms with van der Waals surface area (Å²) in [5.74, 6) is -0.906. The van der Waals surface area contributed by atoms with Gasteiger partial charge in [0.05, 0.1) is 0 Å². The number of ether oxygens (including phenoxy) is 3. The van der Waals surface area contributed by atoms with E-state index in [1.165, 1.54) is 173 Å². The second-order valence-electron chi connectivity index (χ2n) is 20.6. The van der Waals surface area contributed by atoms with Gasteiger partial charge in [-0.1, -0.05) is 273 Å². The van der Waals surface area contributed by atoms with Gasteiger partial charge in [-0.05, 0) is 89.9 Å². The Hall–Kier alpha value is -3.15. The molecule has 0 heterocycles. The van der Waals surface area contributed by atoms with Crippen molar-refractivity contribution in [3.63, 3.8) is 0 Å². The molecule has 0 aromatic rings. The summed E-state index contributed by atoms with van der Waals surface area (Å²) in [6.45, 7) is 6.50. The largest absolute Gasteiger partial charge is 0.462 e. The summed E-state index contributed by atoms with van der Waals surface area (Å²) in [5.41, 5.74) is 0. The van der Waals surface area contributed by atoms with Crippen LogP contribution in [0.4, 0.5) is 0 Å². The van der Waals surface area contributed by atoms with Crippen LogP contribution in [0.15, 0.2) is 72.9 Å². The van der Waals surface area contributed by atoms with Gasteiger partial charge in [-0.15, -0.1) is 0 Å². The zero-order valence-corrected chi connectivity index (χ0v) is 47.7. The number of carbonyl (C=O) groups is 3. The Kier molecular flexibility index (Phi) is 57.8. The Labute approximate surface area is 446 Å². The second-order valence-corrected chi connectivity index (χ2v) is 20.6. The number of hydrogen-bond acceptors (Lipinski definition) is 6. The first-order valence-electron chi connectivity index (χ1n) is 30.9. The van der Waals surface area contributed by atoms with Crippen LogP contribution in [0.2, 0.25) is 0 Å². The molecule has 0 aliphatic rings. The molecule has 6 heteroatoms. The molecule has 0 amide bonds. The van der Waals surface area contributed by atoms with E-state index in [1.807, 2.05) is 0 Å². The fourth-order valence-corrected chi connectivity index (χ4v) is 8.82. The van der Waals surface area contributed by atoms with Crippen LogP contribution in [0.3, 0.4) is 0 Å². The molecule has 0 N–H and O–H groups in total. The van der Waals surface area contributed by atoms with E-state index in [0.29, 0.717) is 19.3 Å². The Balaban J connectivity index is 4.10. The fraction of sp³-hybridized carbons (Fsp3) is 0.773. The van der Waals surface area contributed by atoms with Crippen LogP contribution in [0, 0.1) is 0 Å². The van der Waals surface area contributed by atoms with Crippen molar-refractivity contribution in [1.82, 2.24) is 0 Å². The van der Waals surface area contributed by atoms with E-state index >= 15 is 0 Å². The Morgan fingerprint density at radius 1 is 0.292 bits per heavy atom. The van der Waals surface area contributed by atoms with Crippen molar-refractivity contribution in [3.05, 3.63) is 72.9 Å². The van der Waals surface area contributed by atoms with E-state index in [0.717, 1.165) is 96.3 Å². The molecule has 0 aromatic heterocycles. The minimum atomic E-state index is -0.787. The SMILES string of the molecule is CC/C=C\C/C=C\C/C=C\CCCCCC(=O)OC(COC(=O)CCCCCCCCCCCC)COC(=O)CCCCCCCCCCCCCCCCCC/C=C\C/C=C\C/C=C\CCCCCCC. The van der Waals surface area contributed by atoms with Crippen molar-refractivity contribution in [1.29, 1.82) is 0 Å². The third-order valence-corrected chi connectivity index (χ3v) is 13.4. The lowest BCUT2D eigenvalue weighted by molar-refractivity contribution is -0.167. The molecule has 0 aliphatic heterocycles. The average Bonchev–Trinajstić information content (AvgIpc) is 3.38. The zero-order chi connectivity index (χ0) is 52.2. The molecule has 0 aromatic carbocycles. The highest BCUT2D eigenvalue weighted by molar-refractivity contribution is 5.71. The minimum absolute atomic E-state index is 0.0840. The van der Waals surface area contributed by atoms with Crippen molar-refractivity contribution in [3.8, 4) is 0 Å². The summed E-state index contributed by atoms with van der Waals surface area (Å²) in [6, 6.07) is 0.